The Morgan fingerprint density at radius 3 is 1.29 bits per heavy atom. The molecule has 0 bridgehead atoms. The molecule has 0 aliphatic rings. The molecule has 0 amide bonds. The number of rotatable bonds is 13. The number of hydrogen-bond acceptors (Lipinski definition) is 11. The highest BCUT2D eigenvalue weighted by molar-refractivity contribution is 5.79. The standard InChI is InChI=1S/C12H24O12/c13-1-8(20)12(9(21)22,10(2-14,3-15)23-6-18)11(4-16,5-17)24-7-19/h8,13-20H,1-7H2,(H,21,22). The Morgan fingerprint density at radius 1 is 0.792 bits per heavy atom. The molecule has 0 aromatic rings. The van der Waals surface area contributed by atoms with Crippen molar-refractivity contribution in [2.75, 3.05) is 46.6 Å². The summed E-state index contributed by atoms with van der Waals surface area (Å²) in [6.07, 6.45) is -2.37. The molecule has 0 saturated carbocycles. The number of carboxylic acid groups (broad SMARTS) is 1. The van der Waals surface area contributed by atoms with Gasteiger partial charge in [0.15, 0.2) is 5.41 Å². The van der Waals surface area contributed by atoms with Gasteiger partial charge in [-0.2, -0.15) is 0 Å². The molecule has 0 heterocycles. The van der Waals surface area contributed by atoms with Crippen molar-refractivity contribution in [2.45, 2.75) is 17.3 Å². The third kappa shape index (κ3) is 3.25. The molecular formula is C12H24O12. The average Bonchev–Trinajstić information content (AvgIpc) is 2.59. The highest BCUT2D eigenvalue weighted by Crippen LogP contribution is 2.49. The second-order valence-corrected chi connectivity index (χ2v) is 4.98. The van der Waals surface area contributed by atoms with Crippen LogP contribution in [0.3, 0.4) is 0 Å². The van der Waals surface area contributed by atoms with E-state index in [1.807, 2.05) is 0 Å². The van der Waals surface area contributed by atoms with Gasteiger partial charge in [0.25, 0.3) is 0 Å². The van der Waals surface area contributed by atoms with Gasteiger partial charge in [0, 0.05) is 0 Å². The fraction of sp³-hybridized carbons (Fsp3) is 0.917. The SMILES string of the molecule is O=C(O)C(C(O)CO)(C(CO)(CO)OCO)C(CO)(CO)OCO. The highest BCUT2D eigenvalue weighted by atomic mass is 16.6. The molecule has 0 saturated heterocycles. The molecule has 0 spiro atoms. The number of hydrogen-bond donors (Lipinski definition) is 9. The van der Waals surface area contributed by atoms with E-state index >= 15 is 0 Å². The van der Waals surface area contributed by atoms with Crippen LogP contribution < -0.4 is 0 Å². The average molecular weight is 360 g/mol. The third-order valence-electron chi connectivity index (χ3n) is 4.15. The molecule has 0 rings (SSSR count). The lowest BCUT2D eigenvalue weighted by Gasteiger charge is -2.55. The van der Waals surface area contributed by atoms with Crippen LogP contribution in [0, 0.1) is 5.41 Å². The van der Waals surface area contributed by atoms with Crippen LogP contribution in [0.15, 0.2) is 0 Å². The smallest absolute Gasteiger partial charge is 0.318 e. The molecular weight excluding hydrogens is 336 g/mol. The van der Waals surface area contributed by atoms with Crippen molar-refractivity contribution in [3.8, 4) is 0 Å². The summed E-state index contributed by atoms with van der Waals surface area (Å²) in [4.78, 5) is 12.1. The highest BCUT2D eigenvalue weighted by Gasteiger charge is 2.73. The zero-order chi connectivity index (χ0) is 19.0. The van der Waals surface area contributed by atoms with Crippen molar-refractivity contribution in [3.05, 3.63) is 0 Å². The molecule has 9 N–H and O–H groups in total. The first-order valence-electron chi connectivity index (χ1n) is 6.75. The molecule has 0 aromatic carbocycles. The van der Waals surface area contributed by atoms with Crippen molar-refractivity contribution in [2.24, 2.45) is 5.41 Å². The third-order valence-corrected chi connectivity index (χ3v) is 4.15. The van der Waals surface area contributed by atoms with Crippen LogP contribution in [-0.4, -0.2) is 116 Å². The van der Waals surface area contributed by atoms with Gasteiger partial charge in [-0.25, -0.2) is 0 Å². The fourth-order valence-corrected chi connectivity index (χ4v) is 2.95. The Hall–Kier alpha value is -0.930. The van der Waals surface area contributed by atoms with E-state index in [0.717, 1.165) is 0 Å². The summed E-state index contributed by atoms with van der Waals surface area (Å²) in [6, 6.07) is 0. The lowest BCUT2D eigenvalue weighted by atomic mass is 9.58. The summed E-state index contributed by atoms with van der Waals surface area (Å²) in [5, 5.41) is 85.7. The number of aliphatic hydroxyl groups is 8. The summed E-state index contributed by atoms with van der Waals surface area (Å²) in [6.45, 7) is -9.07. The van der Waals surface area contributed by atoms with Crippen LogP contribution in [0.1, 0.15) is 0 Å². The minimum absolute atomic E-state index is 1.24. The van der Waals surface area contributed by atoms with Gasteiger partial charge in [-0.15, -0.1) is 0 Å². The summed E-state index contributed by atoms with van der Waals surface area (Å²) in [7, 11) is 0. The molecule has 0 radical (unpaired) electrons. The molecule has 12 heteroatoms. The van der Waals surface area contributed by atoms with Crippen molar-refractivity contribution >= 4 is 5.97 Å². The van der Waals surface area contributed by atoms with Gasteiger partial charge in [-0.3, -0.25) is 4.79 Å². The van der Waals surface area contributed by atoms with E-state index in [1.54, 1.807) is 0 Å². The molecule has 12 nitrogen and oxygen atoms in total. The molecule has 0 fully saturated rings. The number of aliphatic hydroxyl groups excluding tert-OH is 8. The van der Waals surface area contributed by atoms with Crippen LogP contribution in [0.2, 0.25) is 0 Å². The zero-order valence-corrected chi connectivity index (χ0v) is 12.8. The van der Waals surface area contributed by atoms with E-state index in [2.05, 4.69) is 0 Å². The van der Waals surface area contributed by atoms with Crippen LogP contribution in [0.4, 0.5) is 0 Å². The van der Waals surface area contributed by atoms with Gasteiger partial charge >= 0.3 is 5.97 Å². The Morgan fingerprint density at radius 2 is 1.12 bits per heavy atom. The normalized spacial score (nSPS) is 14.7. The van der Waals surface area contributed by atoms with Gasteiger partial charge in [0.1, 0.15) is 24.8 Å². The minimum atomic E-state index is -3.10. The minimum Gasteiger partial charge on any atom is -0.481 e. The fourth-order valence-electron chi connectivity index (χ4n) is 2.95. The molecule has 24 heavy (non-hydrogen) atoms. The largest absolute Gasteiger partial charge is 0.481 e. The predicted molar refractivity (Wildman–Crippen MR) is 73.3 cm³/mol. The topological polar surface area (TPSA) is 218 Å². The van der Waals surface area contributed by atoms with Gasteiger partial charge in [0.2, 0.25) is 0 Å². The van der Waals surface area contributed by atoms with Crippen LogP contribution in [0.5, 0.6) is 0 Å². The molecule has 0 aliphatic carbocycles. The first kappa shape index (κ1) is 23.1. The van der Waals surface area contributed by atoms with Crippen LogP contribution >= 0.6 is 0 Å². The quantitative estimate of drug-likeness (QED) is 0.141. The Balaban J connectivity index is 6.93. The molecule has 1 atom stereocenters. The second kappa shape index (κ2) is 9.53. The Labute approximate surface area is 136 Å². The number of aliphatic carboxylic acids is 1. The van der Waals surface area contributed by atoms with E-state index in [1.165, 1.54) is 0 Å². The maximum atomic E-state index is 12.1. The Bertz CT molecular complexity index is 356. The van der Waals surface area contributed by atoms with Crippen LogP contribution in [-0.2, 0) is 14.3 Å². The zero-order valence-electron chi connectivity index (χ0n) is 12.8. The lowest BCUT2D eigenvalue weighted by molar-refractivity contribution is -0.320. The number of carbonyl (C=O) groups is 1. The van der Waals surface area contributed by atoms with Crippen molar-refractivity contribution in [1.82, 2.24) is 0 Å². The van der Waals surface area contributed by atoms with Crippen molar-refractivity contribution in [1.29, 1.82) is 0 Å². The van der Waals surface area contributed by atoms with Crippen LogP contribution in [0.25, 0.3) is 0 Å². The van der Waals surface area contributed by atoms with Gasteiger partial charge in [-0.1, -0.05) is 0 Å². The predicted octanol–water partition coefficient (Wildman–Crippen LogP) is -5.21. The first-order chi connectivity index (χ1) is 11.3. The van der Waals surface area contributed by atoms with Gasteiger partial charge < -0.3 is 55.4 Å². The molecule has 1 unspecified atom stereocenters. The van der Waals surface area contributed by atoms with E-state index in [0.29, 0.717) is 0 Å². The van der Waals surface area contributed by atoms with E-state index < -0.39 is 75.3 Å². The van der Waals surface area contributed by atoms with E-state index in [-0.39, 0.29) is 0 Å². The van der Waals surface area contributed by atoms with E-state index in [4.69, 9.17) is 19.7 Å². The second-order valence-electron chi connectivity index (χ2n) is 4.98. The molecule has 0 aliphatic heterocycles. The van der Waals surface area contributed by atoms with Gasteiger partial charge in [0.05, 0.1) is 39.1 Å². The first-order valence-corrected chi connectivity index (χ1v) is 6.75. The number of carboxylic acids is 1. The summed E-state index contributed by atoms with van der Waals surface area (Å²) in [5.74, 6) is -2.06. The maximum absolute atomic E-state index is 12.1. The maximum Gasteiger partial charge on any atom is 0.318 e. The van der Waals surface area contributed by atoms with Gasteiger partial charge in [-0.05, 0) is 0 Å². The Kier molecular flexibility index (Phi) is 9.16. The molecule has 144 valence electrons. The van der Waals surface area contributed by atoms with E-state index in [9.17, 15) is 40.5 Å². The summed E-state index contributed by atoms with van der Waals surface area (Å²) in [5.41, 5.74) is -8.56. The number of ether oxygens (including phenoxy) is 2. The molecule has 0 aromatic heterocycles. The monoisotopic (exact) mass is 360 g/mol. The lowest BCUT2D eigenvalue weighted by Crippen LogP contribution is -2.77. The van der Waals surface area contributed by atoms with Crippen molar-refractivity contribution < 1.29 is 60.2 Å². The summed E-state index contributed by atoms with van der Waals surface area (Å²) >= 11 is 0. The summed E-state index contributed by atoms with van der Waals surface area (Å²) < 4.78 is 9.51. The van der Waals surface area contributed by atoms with Crippen molar-refractivity contribution in [3.63, 3.8) is 0 Å².